The normalized spacial score (nSPS) is 38.6. The first-order valence-corrected chi connectivity index (χ1v) is 11.5. The van der Waals surface area contributed by atoms with Crippen LogP contribution < -0.4 is 0 Å². The molecule has 0 saturated carbocycles. The molecule has 3 saturated heterocycles. The van der Waals surface area contributed by atoms with Crippen molar-refractivity contribution in [2.45, 2.75) is 83.8 Å². The third-order valence-electron chi connectivity index (χ3n) is 4.25. The maximum atomic E-state index is 6.20. The average Bonchev–Trinajstić information content (AvgIpc) is 3.10. The molecule has 3 heterocycles. The molecule has 0 aromatic carbocycles. The quantitative estimate of drug-likeness (QED) is 0.587. The lowest BCUT2D eigenvalue weighted by Gasteiger charge is -2.32. The van der Waals surface area contributed by atoms with Crippen molar-refractivity contribution in [2.24, 2.45) is 0 Å². The van der Waals surface area contributed by atoms with Crippen molar-refractivity contribution in [3.05, 3.63) is 0 Å². The van der Waals surface area contributed by atoms with Crippen LogP contribution in [0, 0.1) is 0 Å². The van der Waals surface area contributed by atoms with Gasteiger partial charge >= 0.3 is 6.72 Å². The molecule has 5 atom stereocenters. The summed E-state index contributed by atoms with van der Waals surface area (Å²) in [5.41, 5.74) is 0. The van der Waals surface area contributed by atoms with Crippen LogP contribution in [-0.4, -0.2) is 62.1 Å². The highest BCUT2D eigenvalue weighted by molar-refractivity contribution is 8.07. The van der Waals surface area contributed by atoms with Gasteiger partial charge in [0.05, 0.1) is 19.8 Å². The van der Waals surface area contributed by atoms with Gasteiger partial charge in [-0.2, -0.15) is 0 Å². The van der Waals surface area contributed by atoms with Crippen LogP contribution in [0.4, 0.5) is 0 Å². The van der Waals surface area contributed by atoms with E-state index in [0.29, 0.717) is 19.8 Å². The van der Waals surface area contributed by atoms with Gasteiger partial charge in [-0.3, -0.25) is 4.52 Å². The molecule has 0 aliphatic carbocycles. The molecule has 0 N–H and O–H groups in total. The molecular weight excluding hydrogens is 383 g/mol. The number of hydrogen-bond donors (Lipinski definition) is 0. The Labute approximate surface area is 159 Å². The second kappa shape index (κ2) is 7.63. The smallest absolute Gasteiger partial charge is 0.327 e. The molecule has 3 aliphatic rings. The summed E-state index contributed by atoms with van der Waals surface area (Å²) >= 11 is 5.55. The van der Waals surface area contributed by atoms with Crippen molar-refractivity contribution < 1.29 is 37.3 Å². The molecule has 26 heavy (non-hydrogen) atoms. The molecule has 3 rings (SSSR count). The van der Waals surface area contributed by atoms with Crippen molar-refractivity contribution in [3.63, 3.8) is 0 Å². The zero-order valence-electron chi connectivity index (χ0n) is 16.1. The summed E-state index contributed by atoms with van der Waals surface area (Å²) in [5, 5.41) is 0. The van der Waals surface area contributed by atoms with Crippen molar-refractivity contribution in [1.29, 1.82) is 0 Å². The predicted octanol–water partition coefficient (Wildman–Crippen LogP) is 2.70. The molecule has 8 nitrogen and oxygen atoms in total. The Morgan fingerprint density at radius 3 is 2.15 bits per heavy atom. The Hall–Kier alpha value is 0.330. The molecular formula is C16H29O8PS. The van der Waals surface area contributed by atoms with E-state index in [0.717, 1.165) is 0 Å². The van der Waals surface area contributed by atoms with E-state index >= 15 is 0 Å². The fraction of sp³-hybridized carbons (Fsp3) is 1.00. The van der Waals surface area contributed by atoms with Crippen molar-refractivity contribution in [1.82, 2.24) is 0 Å². The van der Waals surface area contributed by atoms with Gasteiger partial charge in [0.15, 0.2) is 17.9 Å². The fourth-order valence-electron chi connectivity index (χ4n) is 3.36. The van der Waals surface area contributed by atoms with E-state index in [1.54, 1.807) is 0 Å². The highest BCUT2D eigenvalue weighted by Crippen LogP contribution is 2.54. The van der Waals surface area contributed by atoms with E-state index < -0.39 is 42.9 Å². The third kappa shape index (κ3) is 4.49. The van der Waals surface area contributed by atoms with E-state index in [-0.39, 0.29) is 6.10 Å². The van der Waals surface area contributed by atoms with Gasteiger partial charge in [-0.05, 0) is 53.3 Å². The number of rotatable bonds is 7. The molecule has 0 bridgehead atoms. The lowest BCUT2D eigenvalue weighted by atomic mass is 10.1. The van der Waals surface area contributed by atoms with Gasteiger partial charge in [0.1, 0.15) is 24.4 Å². The van der Waals surface area contributed by atoms with E-state index in [9.17, 15) is 0 Å². The molecule has 0 amide bonds. The Morgan fingerprint density at radius 2 is 1.62 bits per heavy atom. The number of hydrogen-bond acceptors (Lipinski definition) is 9. The molecule has 3 fully saturated rings. The van der Waals surface area contributed by atoms with E-state index in [2.05, 4.69) is 0 Å². The molecule has 0 aromatic rings. The highest BCUT2D eigenvalue weighted by atomic mass is 32.5. The van der Waals surface area contributed by atoms with Crippen molar-refractivity contribution >= 4 is 18.5 Å². The van der Waals surface area contributed by atoms with Crippen LogP contribution in [0.2, 0.25) is 0 Å². The van der Waals surface area contributed by atoms with Crippen molar-refractivity contribution in [2.75, 3.05) is 19.8 Å². The van der Waals surface area contributed by atoms with Gasteiger partial charge in [0.25, 0.3) is 0 Å². The Kier molecular flexibility index (Phi) is 6.18. The van der Waals surface area contributed by atoms with Gasteiger partial charge in [0.2, 0.25) is 0 Å². The van der Waals surface area contributed by atoms with Crippen LogP contribution in [0.15, 0.2) is 0 Å². The van der Waals surface area contributed by atoms with E-state index in [4.69, 9.17) is 49.1 Å². The summed E-state index contributed by atoms with van der Waals surface area (Å²) in [6.07, 6.45) is -2.37. The Morgan fingerprint density at radius 1 is 0.962 bits per heavy atom. The molecule has 0 radical (unpaired) electrons. The van der Waals surface area contributed by atoms with E-state index in [1.807, 2.05) is 41.5 Å². The lowest BCUT2D eigenvalue weighted by Crippen LogP contribution is -2.43. The van der Waals surface area contributed by atoms with Gasteiger partial charge < -0.3 is 32.7 Å². The zero-order valence-corrected chi connectivity index (χ0v) is 17.8. The average molecular weight is 412 g/mol. The SMILES string of the molecule is CCOP(=S)(OCC)O[C@@H]1[C@H]2OC(C)(C)O[C@H]2O[C@@H]1[C@H]1COC(C)(C)O1. The fourth-order valence-corrected chi connectivity index (χ4v) is 5.66. The predicted molar refractivity (Wildman–Crippen MR) is 96.0 cm³/mol. The van der Waals surface area contributed by atoms with Crippen LogP contribution in [0.1, 0.15) is 41.5 Å². The van der Waals surface area contributed by atoms with E-state index in [1.165, 1.54) is 0 Å². The van der Waals surface area contributed by atoms with Gasteiger partial charge in [-0.25, -0.2) is 0 Å². The van der Waals surface area contributed by atoms with Gasteiger partial charge in [0, 0.05) is 0 Å². The first-order chi connectivity index (χ1) is 12.1. The first-order valence-electron chi connectivity index (χ1n) is 8.98. The van der Waals surface area contributed by atoms with Gasteiger partial charge in [-0.15, -0.1) is 0 Å². The molecule has 10 heteroatoms. The standard InChI is InChI=1S/C16H29O8PS/c1-7-18-25(26,19-8-2)24-12-11(10-9-17-15(3,4)21-10)20-14-13(12)22-16(5,6)23-14/h10-14H,7-9H2,1-6H3/t10-,11-,12+,13-,14-/m1/s1. The number of fused-ring (bicyclic) bond motifs is 1. The Balaban J connectivity index is 1.81. The number of ether oxygens (including phenoxy) is 5. The second-order valence-corrected chi connectivity index (χ2v) is 10.3. The van der Waals surface area contributed by atoms with Crippen LogP contribution in [-0.2, 0) is 49.1 Å². The van der Waals surface area contributed by atoms with Crippen molar-refractivity contribution in [3.8, 4) is 0 Å². The second-order valence-electron chi connectivity index (χ2n) is 7.29. The summed E-state index contributed by atoms with van der Waals surface area (Å²) < 4.78 is 47.1. The molecule has 0 unspecified atom stereocenters. The topological polar surface area (TPSA) is 73.8 Å². The summed E-state index contributed by atoms with van der Waals surface area (Å²) in [6.45, 7) is 9.31. The minimum atomic E-state index is -2.95. The summed E-state index contributed by atoms with van der Waals surface area (Å²) in [7, 11) is 0. The van der Waals surface area contributed by atoms with Gasteiger partial charge in [-0.1, -0.05) is 0 Å². The zero-order chi connectivity index (χ0) is 19.2. The summed E-state index contributed by atoms with van der Waals surface area (Å²) in [6, 6.07) is 0. The minimum Gasteiger partial charge on any atom is -0.348 e. The molecule has 0 aromatic heterocycles. The maximum Gasteiger partial charge on any atom is 0.327 e. The summed E-state index contributed by atoms with van der Waals surface area (Å²) in [4.78, 5) is 0. The molecule has 0 spiro atoms. The van der Waals surface area contributed by atoms with Crippen LogP contribution in [0.5, 0.6) is 0 Å². The summed E-state index contributed by atoms with van der Waals surface area (Å²) in [5.74, 6) is -1.45. The highest BCUT2D eigenvalue weighted by Gasteiger charge is 2.60. The maximum absolute atomic E-state index is 6.20. The minimum absolute atomic E-state index is 0.331. The van der Waals surface area contributed by atoms with Crippen LogP contribution in [0.3, 0.4) is 0 Å². The molecule has 3 aliphatic heterocycles. The third-order valence-corrected chi connectivity index (χ3v) is 6.79. The van der Waals surface area contributed by atoms with Crippen LogP contribution >= 0.6 is 6.72 Å². The first kappa shape index (κ1) is 21.0. The van der Waals surface area contributed by atoms with Crippen LogP contribution in [0.25, 0.3) is 0 Å². The molecule has 152 valence electrons. The Bertz CT molecular complexity index is 546. The lowest BCUT2D eigenvalue weighted by molar-refractivity contribution is -0.231. The monoisotopic (exact) mass is 412 g/mol. The largest absolute Gasteiger partial charge is 0.348 e.